The summed E-state index contributed by atoms with van der Waals surface area (Å²) in [5.41, 5.74) is 0.366. The van der Waals surface area contributed by atoms with Gasteiger partial charge in [0.2, 0.25) is 0 Å². The van der Waals surface area contributed by atoms with Gasteiger partial charge < -0.3 is 19.0 Å². The van der Waals surface area contributed by atoms with Gasteiger partial charge in [0.25, 0.3) is 0 Å². The third-order valence-electron chi connectivity index (χ3n) is 8.48. The van der Waals surface area contributed by atoms with Crippen LogP contribution in [0.5, 0.6) is 0 Å². The van der Waals surface area contributed by atoms with E-state index >= 15 is 4.39 Å². The number of rotatable bonds is 4. The van der Waals surface area contributed by atoms with Gasteiger partial charge in [-0.2, -0.15) is 4.98 Å². The van der Waals surface area contributed by atoms with E-state index in [0.717, 1.165) is 11.6 Å². The molecule has 2 atom stereocenters. The molecule has 0 aliphatic carbocycles. The molecule has 1 amide bonds. The molecule has 1 fully saturated rings. The largest absolute Gasteiger partial charge is 0.464 e. The van der Waals surface area contributed by atoms with Crippen LogP contribution in [0.15, 0.2) is 45.9 Å². The molecule has 0 saturated carbocycles. The predicted octanol–water partition coefficient (Wildman–Crippen LogP) is 7.79. The first-order chi connectivity index (χ1) is 22.6. The van der Waals surface area contributed by atoms with E-state index in [1.807, 2.05) is 60.3 Å². The normalized spacial score (nSPS) is 17.2. The van der Waals surface area contributed by atoms with Crippen LogP contribution in [0.3, 0.4) is 0 Å². The minimum absolute atomic E-state index is 0.00182. The van der Waals surface area contributed by atoms with E-state index in [-0.39, 0.29) is 45.5 Å². The molecule has 4 aromatic heterocycles. The smallest absolute Gasteiger partial charge is 0.410 e. The number of aromatic nitrogens is 4. The number of pyridine rings is 2. The molecule has 1 aliphatic heterocycles. The Bertz CT molecular complexity index is 2140. The van der Waals surface area contributed by atoms with Gasteiger partial charge in [-0.1, -0.05) is 25.4 Å². The third-order valence-corrected chi connectivity index (χ3v) is 8.77. The quantitative estimate of drug-likeness (QED) is 0.190. The van der Waals surface area contributed by atoms with Crippen LogP contribution in [0.4, 0.5) is 19.4 Å². The van der Waals surface area contributed by atoms with E-state index in [2.05, 4.69) is 9.97 Å². The second-order valence-electron chi connectivity index (χ2n) is 13.6. The van der Waals surface area contributed by atoms with Crippen molar-refractivity contribution in [2.24, 2.45) is 0 Å². The van der Waals surface area contributed by atoms with Crippen LogP contribution in [0.1, 0.15) is 65.6 Å². The van der Waals surface area contributed by atoms with Gasteiger partial charge in [0.1, 0.15) is 17.0 Å². The molecule has 1 aliphatic rings. The number of halogens is 3. The van der Waals surface area contributed by atoms with Crippen LogP contribution in [-0.4, -0.2) is 61.3 Å². The first-order valence-corrected chi connectivity index (χ1v) is 16.2. The van der Waals surface area contributed by atoms with Gasteiger partial charge >= 0.3 is 11.8 Å². The number of carbonyl (C=O) groups is 1. The van der Waals surface area contributed by atoms with Crippen molar-refractivity contribution in [1.29, 1.82) is 0 Å². The fourth-order valence-electron chi connectivity index (χ4n) is 6.25. The highest BCUT2D eigenvalue weighted by atomic mass is 35.5. The second-order valence-corrected chi connectivity index (χ2v) is 14.0. The minimum Gasteiger partial charge on any atom is -0.464 e. The van der Waals surface area contributed by atoms with Crippen molar-refractivity contribution in [3.63, 3.8) is 0 Å². The maximum absolute atomic E-state index is 15.6. The number of carbonyl (C=O) groups excluding carboxylic acids is 1. The number of hydrogen-bond donors (Lipinski definition) is 0. The summed E-state index contributed by atoms with van der Waals surface area (Å²) >= 11 is 6.87. The average Bonchev–Trinajstić information content (AvgIpc) is 3.46. The second kappa shape index (κ2) is 12.1. The van der Waals surface area contributed by atoms with Gasteiger partial charge in [-0.15, -0.1) is 0 Å². The van der Waals surface area contributed by atoms with Crippen LogP contribution in [0.25, 0.3) is 38.9 Å². The van der Waals surface area contributed by atoms with E-state index in [0.29, 0.717) is 41.1 Å². The van der Waals surface area contributed by atoms with Gasteiger partial charge in [-0.25, -0.2) is 27.9 Å². The zero-order valence-corrected chi connectivity index (χ0v) is 28.8. The van der Waals surface area contributed by atoms with Gasteiger partial charge in [0.05, 0.1) is 39.3 Å². The zero-order valence-electron chi connectivity index (χ0n) is 28.1. The predicted molar refractivity (Wildman–Crippen MR) is 181 cm³/mol. The lowest BCUT2D eigenvalue weighted by Gasteiger charge is -2.44. The first kappa shape index (κ1) is 33.3. The first-order valence-electron chi connectivity index (χ1n) is 15.8. The summed E-state index contributed by atoms with van der Waals surface area (Å²) in [6, 6.07) is 5.30. The number of aryl methyl sites for hydroxylation is 1. The number of anilines is 1. The third kappa shape index (κ3) is 5.76. The summed E-state index contributed by atoms with van der Waals surface area (Å²) in [4.78, 5) is 44.9. The van der Waals surface area contributed by atoms with E-state index in [1.54, 1.807) is 23.2 Å². The topological polar surface area (TPSA) is 107 Å². The molecule has 5 heterocycles. The molecule has 13 heteroatoms. The molecule has 0 unspecified atom stereocenters. The Morgan fingerprint density at radius 2 is 1.83 bits per heavy atom. The lowest BCUT2D eigenvalue weighted by Crippen LogP contribution is -2.59. The number of furan rings is 1. The molecule has 10 nitrogen and oxygen atoms in total. The van der Waals surface area contributed by atoms with E-state index in [1.165, 1.54) is 16.9 Å². The molecule has 0 radical (unpaired) electrons. The molecule has 0 spiro atoms. The summed E-state index contributed by atoms with van der Waals surface area (Å²) in [5, 5.41) is 0.724. The molecular weight excluding hydrogens is 642 g/mol. The SMILES string of the molecule is Cc1ccnc(C(C)C)c1-n1c(=O)nc(N2C[C@@H](C)N(C(=O)OC(C)(C)C)C[C@@H]2C)c2cc(Cl)c(-c3c(F)c(F)cc4ccoc34)nc21. The van der Waals surface area contributed by atoms with Gasteiger partial charge in [0, 0.05) is 36.8 Å². The van der Waals surface area contributed by atoms with Crippen LogP contribution in [0, 0.1) is 18.6 Å². The molecule has 6 rings (SSSR count). The molecule has 0 bridgehead atoms. The molecule has 0 N–H and O–H groups in total. The zero-order chi connectivity index (χ0) is 34.8. The lowest BCUT2D eigenvalue weighted by molar-refractivity contribution is 0.0130. The van der Waals surface area contributed by atoms with E-state index < -0.39 is 29.0 Å². The van der Waals surface area contributed by atoms with Crippen molar-refractivity contribution in [3.8, 4) is 16.9 Å². The summed E-state index contributed by atoms with van der Waals surface area (Å²) in [6.45, 7) is 15.6. The number of fused-ring (bicyclic) bond motifs is 2. The molecule has 1 saturated heterocycles. The maximum atomic E-state index is 15.6. The molecular formula is C35H37ClF2N6O4. The summed E-state index contributed by atoms with van der Waals surface area (Å²) < 4.78 is 43.1. The molecule has 48 heavy (non-hydrogen) atoms. The van der Waals surface area contributed by atoms with Crippen molar-refractivity contribution in [1.82, 2.24) is 24.4 Å². The fraction of sp³-hybridized carbons (Fsp3) is 0.400. The van der Waals surface area contributed by atoms with E-state index in [4.69, 9.17) is 25.7 Å². The van der Waals surface area contributed by atoms with Gasteiger partial charge in [-0.05, 0) is 77.3 Å². The lowest BCUT2D eigenvalue weighted by atomic mass is 10.0. The van der Waals surface area contributed by atoms with Crippen molar-refractivity contribution < 1.29 is 22.7 Å². The van der Waals surface area contributed by atoms with Crippen molar-refractivity contribution in [2.45, 2.75) is 79.0 Å². The molecule has 5 aromatic rings. The Morgan fingerprint density at radius 3 is 2.52 bits per heavy atom. The number of ether oxygens (including phenoxy) is 1. The number of benzene rings is 1. The van der Waals surface area contributed by atoms with Crippen molar-refractivity contribution in [3.05, 3.63) is 75.1 Å². The van der Waals surface area contributed by atoms with Gasteiger partial charge in [0.15, 0.2) is 17.3 Å². The Hall–Kier alpha value is -4.58. The Labute approximate surface area is 281 Å². The maximum Gasteiger partial charge on any atom is 0.410 e. The highest BCUT2D eigenvalue weighted by Crippen LogP contribution is 2.40. The van der Waals surface area contributed by atoms with Crippen molar-refractivity contribution in [2.75, 3.05) is 18.0 Å². The Balaban J connectivity index is 1.62. The Kier molecular flexibility index (Phi) is 8.43. The highest BCUT2D eigenvalue weighted by molar-refractivity contribution is 6.34. The minimum atomic E-state index is -1.18. The van der Waals surface area contributed by atoms with Crippen LogP contribution in [-0.2, 0) is 4.74 Å². The van der Waals surface area contributed by atoms with Gasteiger partial charge in [-0.3, -0.25) is 4.98 Å². The average molecular weight is 679 g/mol. The standard InChI is InChI=1S/C35H37ClF2N6O4/c1-17(2)27-29(18(3)9-11-39-27)44-32-22(14-23(36)28(40-32)25-26(38)24(37)13-21-10-12-47-30(21)25)31(41-33(44)45)42-15-20(5)43(16-19(42)4)34(46)48-35(6,7)8/h9-14,17,19-20H,15-16H2,1-8H3/t19-,20+/m0/s1. The number of piperazine rings is 1. The van der Waals surface area contributed by atoms with Crippen LogP contribution >= 0.6 is 11.6 Å². The Morgan fingerprint density at radius 1 is 1.10 bits per heavy atom. The fourth-order valence-corrected chi connectivity index (χ4v) is 6.50. The summed E-state index contributed by atoms with van der Waals surface area (Å²) in [5.74, 6) is -2.07. The number of amides is 1. The van der Waals surface area contributed by atoms with Crippen molar-refractivity contribution >= 4 is 45.5 Å². The summed E-state index contributed by atoms with van der Waals surface area (Å²) in [6.07, 6.45) is 2.56. The molecule has 1 aromatic carbocycles. The number of nitrogens with zero attached hydrogens (tertiary/aromatic N) is 6. The monoisotopic (exact) mass is 678 g/mol. The molecule has 252 valence electrons. The number of hydrogen-bond acceptors (Lipinski definition) is 8. The summed E-state index contributed by atoms with van der Waals surface area (Å²) in [7, 11) is 0. The van der Waals surface area contributed by atoms with E-state index in [9.17, 15) is 14.0 Å². The highest BCUT2D eigenvalue weighted by Gasteiger charge is 2.37. The van der Waals surface area contributed by atoms with Crippen LogP contribution < -0.4 is 10.6 Å². The van der Waals surface area contributed by atoms with Crippen LogP contribution in [0.2, 0.25) is 5.02 Å².